The van der Waals surface area contributed by atoms with Gasteiger partial charge in [0.05, 0.1) is 0 Å². The first kappa shape index (κ1) is 22.3. The summed E-state index contributed by atoms with van der Waals surface area (Å²) in [6.45, 7) is 8.66. The van der Waals surface area contributed by atoms with Crippen molar-refractivity contribution in [1.82, 2.24) is 0 Å². The van der Waals surface area contributed by atoms with Gasteiger partial charge in [-0.05, 0) is 37.5 Å². The lowest BCUT2D eigenvalue weighted by Crippen LogP contribution is -2.30. The predicted molar refractivity (Wildman–Crippen MR) is 107 cm³/mol. The van der Waals surface area contributed by atoms with Gasteiger partial charge in [-0.3, -0.25) is 0 Å². The molecule has 0 saturated carbocycles. The molecule has 6 heteroatoms. The Morgan fingerprint density at radius 3 is 1.42 bits per heavy atom. The molecule has 0 saturated heterocycles. The average molecular weight is 337 g/mol. The third kappa shape index (κ3) is 10.9. The highest BCUT2D eigenvalue weighted by Gasteiger charge is 2.03. The topological polar surface area (TPSA) is 101 Å². The number of nitrogens with zero attached hydrogens (tertiary/aromatic N) is 4. The van der Waals surface area contributed by atoms with E-state index in [9.17, 15) is 0 Å². The maximum Gasteiger partial charge on any atom is 0.190 e. The van der Waals surface area contributed by atoms with Gasteiger partial charge < -0.3 is 11.5 Å². The first-order chi connectivity index (χ1) is 11.6. The normalized spacial score (nSPS) is 16.2. The van der Waals surface area contributed by atoms with Gasteiger partial charge in [-0.15, -0.1) is 10.2 Å². The van der Waals surface area contributed by atoms with E-state index in [1.165, 1.54) is 25.7 Å². The van der Waals surface area contributed by atoms with Crippen LogP contribution in [0.5, 0.6) is 0 Å². The Balaban J connectivity index is 4.57. The highest BCUT2D eigenvalue weighted by atomic mass is 15.3. The number of amidine groups is 2. The number of unbranched alkanes of at least 4 members (excludes halogenated alkanes) is 2. The molecule has 2 atom stereocenters. The van der Waals surface area contributed by atoms with Crippen molar-refractivity contribution in [1.29, 1.82) is 0 Å². The summed E-state index contributed by atoms with van der Waals surface area (Å²) in [5.41, 5.74) is 11.6. The van der Waals surface area contributed by atoms with Crippen LogP contribution in [0, 0.1) is 11.8 Å². The standard InChI is InChI=1S/C18H36N6/c1-5-9-11-15(7-3)13-21-23-17(19)18(20)24-22-14-16(8-4)12-10-6-2/h13-16H,5-12H2,1-4H3,(H2,19,23)(H2,20,24)/b21-13-,22-14-. The highest BCUT2D eigenvalue weighted by Crippen LogP contribution is 2.10. The van der Waals surface area contributed by atoms with E-state index in [4.69, 9.17) is 11.5 Å². The molecule has 0 aromatic carbocycles. The zero-order valence-corrected chi connectivity index (χ0v) is 15.9. The van der Waals surface area contributed by atoms with Crippen molar-refractivity contribution in [2.45, 2.75) is 79.1 Å². The van der Waals surface area contributed by atoms with Crippen molar-refractivity contribution in [2.24, 2.45) is 43.7 Å². The van der Waals surface area contributed by atoms with Crippen molar-refractivity contribution in [3.63, 3.8) is 0 Å². The minimum Gasteiger partial charge on any atom is -0.379 e. The Kier molecular flexibility index (Phi) is 13.8. The highest BCUT2D eigenvalue weighted by molar-refractivity contribution is 6.39. The van der Waals surface area contributed by atoms with Crippen LogP contribution in [0.2, 0.25) is 0 Å². The molecule has 0 heterocycles. The van der Waals surface area contributed by atoms with Crippen molar-refractivity contribution in [3.8, 4) is 0 Å². The van der Waals surface area contributed by atoms with Gasteiger partial charge in [-0.25, -0.2) is 0 Å². The molecule has 0 aliphatic rings. The fourth-order valence-electron chi connectivity index (χ4n) is 2.18. The minimum absolute atomic E-state index is 0.107. The van der Waals surface area contributed by atoms with Crippen LogP contribution in [0.4, 0.5) is 0 Å². The third-order valence-corrected chi connectivity index (χ3v) is 4.05. The maximum absolute atomic E-state index is 5.78. The summed E-state index contributed by atoms with van der Waals surface area (Å²) in [7, 11) is 0. The number of rotatable bonds is 12. The zero-order chi connectivity index (χ0) is 18.2. The largest absolute Gasteiger partial charge is 0.379 e. The molecule has 0 aliphatic heterocycles. The van der Waals surface area contributed by atoms with Crippen molar-refractivity contribution in [2.75, 3.05) is 0 Å². The third-order valence-electron chi connectivity index (χ3n) is 4.05. The molecular formula is C18H36N6. The number of hydrogen-bond acceptors (Lipinski definition) is 4. The van der Waals surface area contributed by atoms with Crippen LogP contribution < -0.4 is 11.5 Å². The molecule has 0 spiro atoms. The van der Waals surface area contributed by atoms with Crippen LogP contribution in [0.25, 0.3) is 0 Å². The van der Waals surface area contributed by atoms with Crippen LogP contribution in [0.1, 0.15) is 79.1 Å². The molecule has 0 bridgehead atoms. The smallest absolute Gasteiger partial charge is 0.190 e. The second-order valence-corrected chi connectivity index (χ2v) is 6.12. The Morgan fingerprint density at radius 1 is 0.750 bits per heavy atom. The summed E-state index contributed by atoms with van der Waals surface area (Å²) in [4.78, 5) is 0. The molecule has 4 N–H and O–H groups in total. The van der Waals surface area contributed by atoms with E-state index in [1.54, 1.807) is 0 Å². The van der Waals surface area contributed by atoms with Gasteiger partial charge in [0, 0.05) is 12.4 Å². The fourth-order valence-corrected chi connectivity index (χ4v) is 2.18. The molecule has 0 aromatic heterocycles. The quantitative estimate of drug-likeness (QED) is 0.318. The van der Waals surface area contributed by atoms with Gasteiger partial charge in [0.1, 0.15) is 0 Å². The van der Waals surface area contributed by atoms with Gasteiger partial charge in [-0.1, -0.05) is 53.4 Å². The van der Waals surface area contributed by atoms with E-state index in [2.05, 4.69) is 48.1 Å². The van der Waals surface area contributed by atoms with E-state index in [-0.39, 0.29) is 11.7 Å². The van der Waals surface area contributed by atoms with Gasteiger partial charge >= 0.3 is 0 Å². The van der Waals surface area contributed by atoms with Crippen LogP contribution in [0.3, 0.4) is 0 Å². The van der Waals surface area contributed by atoms with Gasteiger partial charge in [0.15, 0.2) is 11.7 Å². The van der Waals surface area contributed by atoms with Crippen LogP contribution in [-0.2, 0) is 0 Å². The molecule has 0 rings (SSSR count). The van der Waals surface area contributed by atoms with E-state index in [0.29, 0.717) is 11.8 Å². The van der Waals surface area contributed by atoms with E-state index < -0.39 is 0 Å². The molecule has 2 unspecified atom stereocenters. The second-order valence-electron chi connectivity index (χ2n) is 6.12. The molecule has 6 nitrogen and oxygen atoms in total. The van der Waals surface area contributed by atoms with Crippen LogP contribution >= 0.6 is 0 Å². The van der Waals surface area contributed by atoms with E-state index in [0.717, 1.165) is 25.7 Å². The van der Waals surface area contributed by atoms with Crippen molar-refractivity contribution >= 4 is 24.1 Å². The first-order valence-electron chi connectivity index (χ1n) is 9.32. The minimum atomic E-state index is 0.107. The summed E-state index contributed by atoms with van der Waals surface area (Å²) in [5.74, 6) is 1.08. The lowest BCUT2D eigenvalue weighted by atomic mass is 10.0. The molecule has 0 aliphatic carbocycles. The molecular weight excluding hydrogens is 300 g/mol. The van der Waals surface area contributed by atoms with E-state index in [1.807, 2.05) is 12.4 Å². The lowest BCUT2D eigenvalue weighted by Gasteiger charge is -2.06. The molecule has 24 heavy (non-hydrogen) atoms. The van der Waals surface area contributed by atoms with Crippen molar-refractivity contribution < 1.29 is 0 Å². The summed E-state index contributed by atoms with van der Waals surface area (Å²) in [6.07, 6.45) is 12.8. The predicted octanol–water partition coefficient (Wildman–Crippen LogP) is 4.11. The van der Waals surface area contributed by atoms with Crippen LogP contribution in [0.15, 0.2) is 20.4 Å². The SMILES string of the molecule is CCCCC(\C=N/N=C(N)/C(N)=N\N=C/C(CC)CCCC)CC. The summed E-state index contributed by atoms with van der Waals surface area (Å²) >= 11 is 0. The Hall–Kier alpha value is -1.72. The molecule has 0 radical (unpaired) electrons. The fraction of sp³-hybridized carbons (Fsp3) is 0.778. The van der Waals surface area contributed by atoms with Crippen LogP contribution in [-0.4, -0.2) is 24.1 Å². The second kappa shape index (κ2) is 14.8. The molecule has 0 amide bonds. The number of nitrogens with two attached hydrogens (primary N) is 2. The summed E-state index contributed by atoms with van der Waals surface area (Å²) < 4.78 is 0. The van der Waals surface area contributed by atoms with Gasteiger partial charge in [0.2, 0.25) is 0 Å². The lowest BCUT2D eigenvalue weighted by molar-refractivity contribution is 0.575. The Bertz CT molecular complexity index is 385. The molecule has 138 valence electrons. The summed E-state index contributed by atoms with van der Waals surface area (Å²) in [5, 5.41) is 15.9. The maximum atomic E-state index is 5.78. The Morgan fingerprint density at radius 2 is 1.12 bits per heavy atom. The zero-order valence-electron chi connectivity index (χ0n) is 15.9. The monoisotopic (exact) mass is 336 g/mol. The van der Waals surface area contributed by atoms with Gasteiger partial charge in [0.25, 0.3) is 0 Å². The average Bonchev–Trinajstić information content (AvgIpc) is 2.60. The first-order valence-corrected chi connectivity index (χ1v) is 9.32. The van der Waals surface area contributed by atoms with E-state index >= 15 is 0 Å². The Labute approximate surface area is 147 Å². The van der Waals surface area contributed by atoms with Gasteiger partial charge in [-0.2, -0.15) is 10.2 Å². The molecule has 0 aromatic rings. The van der Waals surface area contributed by atoms with Crippen molar-refractivity contribution in [3.05, 3.63) is 0 Å². The number of hydrogen-bond donors (Lipinski definition) is 2. The summed E-state index contributed by atoms with van der Waals surface area (Å²) in [6, 6.07) is 0. The molecule has 0 fully saturated rings.